The molecule has 7 nitrogen and oxygen atoms in total. The highest BCUT2D eigenvalue weighted by Crippen LogP contribution is 2.32. The van der Waals surface area contributed by atoms with Gasteiger partial charge in [0.2, 0.25) is 6.79 Å². The van der Waals surface area contributed by atoms with Crippen LogP contribution in [0.2, 0.25) is 0 Å². The molecule has 2 heterocycles. The van der Waals surface area contributed by atoms with Crippen LogP contribution in [0.5, 0.6) is 17.2 Å². The van der Waals surface area contributed by atoms with Gasteiger partial charge in [0.25, 0.3) is 5.91 Å². The summed E-state index contributed by atoms with van der Waals surface area (Å²) in [5.74, 6) is 1.54. The molecular weight excluding hydrogens is 350 g/mol. The molecule has 27 heavy (non-hydrogen) atoms. The maximum absolute atomic E-state index is 12.6. The molecule has 1 aliphatic rings. The normalized spacial score (nSPS) is 12.2. The van der Waals surface area contributed by atoms with Gasteiger partial charge in [-0.15, -0.1) is 0 Å². The van der Waals surface area contributed by atoms with E-state index in [4.69, 9.17) is 18.6 Å². The molecule has 0 radical (unpaired) electrons. The number of nitrogens with one attached hydrogen (secondary N) is 1. The molecule has 0 spiro atoms. The topological polar surface area (TPSA) is 87.0 Å². The lowest BCUT2D eigenvalue weighted by molar-refractivity contribution is 0.0952. The quantitative estimate of drug-likeness (QED) is 0.698. The summed E-state index contributed by atoms with van der Waals surface area (Å²) in [6.07, 6.45) is 0. The van der Waals surface area contributed by atoms with Crippen molar-refractivity contribution in [1.29, 1.82) is 0 Å². The van der Waals surface area contributed by atoms with Crippen molar-refractivity contribution in [2.75, 3.05) is 13.4 Å². The molecule has 2 aromatic carbocycles. The molecule has 1 N–H and O–H groups in total. The van der Waals surface area contributed by atoms with Crippen molar-refractivity contribution in [2.45, 2.75) is 13.5 Å². The highest BCUT2D eigenvalue weighted by molar-refractivity contribution is 6.05. The average Bonchev–Trinajstić information content (AvgIpc) is 3.13. The second kappa shape index (κ2) is 7.03. The first-order valence-electron chi connectivity index (χ1n) is 8.51. The van der Waals surface area contributed by atoms with Crippen molar-refractivity contribution in [2.24, 2.45) is 0 Å². The van der Waals surface area contributed by atoms with Crippen LogP contribution in [0.25, 0.3) is 11.0 Å². The summed E-state index contributed by atoms with van der Waals surface area (Å²) in [5.41, 5.74) is 0.828. The van der Waals surface area contributed by atoms with Crippen LogP contribution in [-0.4, -0.2) is 19.3 Å². The molecular formula is C20H17NO6. The lowest BCUT2D eigenvalue weighted by atomic mass is 10.1. The van der Waals surface area contributed by atoms with Gasteiger partial charge in [-0.3, -0.25) is 4.79 Å². The predicted molar refractivity (Wildman–Crippen MR) is 97.4 cm³/mol. The summed E-state index contributed by atoms with van der Waals surface area (Å²) in [4.78, 5) is 24.5. The van der Waals surface area contributed by atoms with Crippen LogP contribution in [0.15, 0.2) is 51.7 Å². The fourth-order valence-electron chi connectivity index (χ4n) is 2.92. The number of benzene rings is 2. The summed E-state index contributed by atoms with van der Waals surface area (Å²) in [7, 11) is 0. The van der Waals surface area contributed by atoms with E-state index in [1.807, 2.05) is 19.1 Å². The number of hydrogen-bond donors (Lipinski definition) is 1. The van der Waals surface area contributed by atoms with Crippen LogP contribution in [0.4, 0.5) is 0 Å². The molecule has 0 fully saturated rings. The molecule has 7 heteroatoms. The molecule has 3 aromatic rings. The van der Waals surface area contributed by atoms with Crippen molar-refractivity contribution in [3.8, 4) is 17.2 Å². The summed E-state index contributed by atoms with van der Waals surface area (Å²) in [6.45, 7) is 2.83. The Kier molecular flexibility index (Phi) is 4.42. The predicted octanol–water partition coefficient (Wildman–Crippen LogP) is 2.85. The van der Waals surface area contributed by atoms with Gasteiger partial charge in [0.1, 0.15) is 11.3 Å². The van der Waals surface area contributed by atoms with Gasteiger partial charge in [0, 0.05) is 24.1 Å². The second-order valence-corrected chi connectivity index (χ2v) is 5.94. The Hall–Kier alpha value is -3.48. The molecule has 1 aliphatic heterocycles. The van der Waals surface area contributed by atoms with Crippen LogP contribution in [-0.2, 0) is 6.54 Å². The number of rotatable bonds is 5. The first-order chi connectivity index (χ1) is 13.1. The molecule has 4 rings (SSSR count). The lowest BCUT2D eigenvalue weighted by Gasteiger charge is -2.09. The fraction of sp³-hybridized carbons (Fsp3) is 0.200. The second-order valence-electron chi connectivity index (χ2n) is 5.94. The molecule has 0 bridgehead atoms. The van der Waals surface area contributed by atoms with E-state index >= 15 is 0 Å². The van der Waals surface area contributed by atoms with Gasteiger partial charge in [-0.05, 0) is 36.8 Å². The van der Waals surface area contributed by atoms with E-state index < -0.39 is 5.63 Å². The van der Waals surface area contributed by atoms with E-state index in [1.165, 1.54) is 6.07 Å². The zero-order valence-corrected chi connectivity index (χ0v) is 14.6. The highest BCUT2D eigenvalue weighted by Gasteiger charge is 2.16. The van der Waals surface area contributed by atoms with Crippen LogP contribution < -0.4 is 25.2 Å². The number of ether oxygens (including phenoxy) is 3. The number of carbonyl (C=O) groups is 1. The Morgan fingerprint density at radius 1 is 1.11 bits per heavy atom. The number of amides is 1. The zero-order chi connectivity index (χ0) is 18.8. The first kappa shape index (κ1) is 17.0. The van der Waals surface area contributed by atoms with E-state index in [0.29, 0.717) is 34.8 Å². The highest BCUT2D eigenvalue weighted by atomic mass is 16.7. The number of carbonyl (C=O) groups excluding carboxylic acids is 1. The molecule has 0 unspecified atom stereocenters. The maximum Gasteiger partial charge on any atom is 0.337 e. The van der Waals surface area contributed by atoms with Crippen molar-refractivity contribution in [3.05, 3.63) is 64.0 Å². The van der Waals surface area contributed by atoms with Crippen molar-refractivity contribution in [3.63, 3.8) is 0 Å². The molecule has 1 aromatic heterocycles. The van der Waals surface area contributed by atoms with Crippen LogP contribution in [0.3, 0.4) is 0 Å². The Morgan fingerprint density at radius 2 is 1.96 bits per heavy atom. The fourth-order valence-corrected chi connectivity index (χ4v) is 2.92. The van der Waals surface area contributed by atoms with Gasteiger partial charge >= 0.3 is 5.63 Å². The van der Waals surface area contributed by atoms with E-state index in [2.05, 4.69) is 5.32 Å². The summed E-state index contributed by atoms with van der Waals surface area (Å²) in [6, 6.07) is 11.7. The monoisotopic (exact) mass is 367 g/mol. The molecule has 0 saturated heterocycles. The van der Waals surface area contributed by atoms with Crippen molar-refractivity contribution in [1.82, 2.24) is 5.32 Å². The lowest BCUT2D eigenvalue weighted by Crippen LogP contribution is -2.24. The average molecular weight is 367 g/mol. The minimum Gasteiger partial charge on any atom is -0.494 e. The van der Waals surface area contributed by atoms with Gasteiger partial charge in [-0.25, -0.2) is 4.79 Å². The maximum atomic E-state index is 12.6. The smallest absolute Gasteiger partial charge is 0.337 e. The minimum atomic E-state index is -0.593. The van der Waals surface area contributed by atoms with Crippen LogP contribution in [0, 0.1) is 0 Å². The van der Waals surface area contributed by atoms with Crippen LogP contribution in [0.1, 0.15) is 22.8 Å². The third kappa shape index (κ3) is 3.44. The van der Waals surface area contributed by atoms with Crippen molar-refractivity contribution >= 4 is 16.9 Å². The summed E-state index contributed by atoms with van der Waals surface area (Å²) >= 11 is 0. The third-order valence-electron chi connectivity index (χ3n) is 4.16. The SMILES string of the molecule is CCOc1ccc2c(C(=O)NCc3ccc4c(c3)OCO4)cc(=O)oc2c1. The molecule has 0 aliphatic carbocycles. The molecule has 0 atom stereocenters. The number of hydrogen-bond acceptors (Lipinski definition) is 6. The Bertz CT molecular complexity index is 1070. The van der Waals surface area contributed by atoms with Gasteiger partial charge in [-0.1, -0.05) is 6.07 Å². The van der Waals surface area contributed by atoms with E-state index in [9.17, 15) is 9.59 Å². The molecule has 138 valence electrons. The van der Waals surface area contributed by atoms with Crippen molar-refractivity contribution < 1.29 is 23.4 Å². The summed E-state index contributed by atoms with van der Waals surface area (Å²) in [5, 5.41) is 3.36. The Morgan fingerprint density at radius 3 is 2.81 bits per heavy atom. The van der Waals surface area contributed by atoms with E-state index in [1.54, 1.807) is 24.3 Å². The zero-order valence-electron chi connectivity index (χ0n) is 14.6. The molecule has 0 saturated carbocycles. The van der Waals surface area contributed by atoms with Crippen LogP contribution >= 0.6 is 0 Å². The largest absolute Gasteiger partial charge is 0.494 e. The van der Waals surface area contributed by atoms with E-state index in [-0.39, 0.29) is 24.8 Å². The summed E-state index contributed by atoms with van der Waals surface area (Å²) < 4.78 is 21.2. The van der Waals surface area contributed by atoms with Gasteiger partial charge in [-0.2, -0.15) is 0 Å². The minimum absolute atomic E-state index is 0.195. The Balaban J connectivity index is 1.57. The third-order valence-corrected chi connectivity index (χ3v) is 4.16. The standard InChI is InChI=1S/C20H17NO6/c1-2-24-13-4-5-14-15(9-19(22)27-17(14)8-13)20(23)21-10-12-3-6-16-18(7-12)26-11-25-16/h3-9H,2,10-11H2,1H3,(H,21,23). The Labute approximate surface area is 154 Å². The number of fused-ring (bicyclic) bond motifs is 2. The van der Waals surface area contributed by atoms with Gasteiger partial charge in [0.05, 0.1) is 12.2 Å². The van der Waals surface area contributed by atoms with Gasteiger partial charge < -0.3 is 23.9 Å². The van der Waals surface area contributed by atoms with E-state index in [0.717, 1.165) is 5.56 Å². The molecule has 1 amide bonds. The first-order valence-corrected chi connectivity index (χ1v) is 8.51. The van der Waals surface area contributed by atoms with Gasteiger partial charge in [0.15, 0.2) is 11.5 Å².